The molecule has 1 aromatic rings. The number of hydrogen-bond acceptors (Lipinski definition) is 3. The fourth-order valence-corrected chi connectivity index (χ4v) is 4.67. The van der Waals surface area contributed by atoms with Gasteiger partial charge in [0.2, 0.25) is 0 Å². The van der Waals surface area contributed by atoms with Crippen molar-refractivity contribution in [3.63, 3.8) is 0 Å². The molecule has 0 N–H and O–H groups in total. The van der Waals surface area contributed by atoms with Gasteiger partial charge in [-0.3, -0.25) is 0 Å². The molecule has 1 aromatic carbocycles. The standard InChI is InChI=1S/C16H22O3S/c1-18-15-7-6-12(13-8-9-20(17)11-13)10-16(15)19-14-4-2-3-5-14/h6-7,10,13-14H,2-5,8-9,11H2,1H3/t13-,20+/m1/s1. The maximum Gasteiger partial charge on any atom is 0.161 e. The third kappa shape index (κ3) is 3.07. The summed E-state index contributed by atoms with van der Waals surface area (Å²) >= 11 is -0.643. The minimum absolute atomic E-state index is 0.330. The maximum atomic E-state index is 11.6. The molecule has 0 unspecified atom stereocenters. The molecule has 0 spiro atoms. The van der Waals surface area contributed by atoms with E-state index < -0.39 is 11.2 Å². The highest BCUT2D eigenvalue weighted by molar-refractivity contribution is 7.91. The predicted octanol–water partition coefficient (Wildman–Crippen LogP) is 3.25. The molecule has 1 heterocycles. The first-order valence-electron chi connectivity index (χ1n) is 7.46. The number of rotatable bonds is 4. The lowest BCUT2D eigenvalue weighted by Crippen LogP contribution is -2.12. The fourth-order valence-electron chi connectivity index (χ4n) is 3.15. The van der Waals surface area contributed by atoms with E-state index in [1.807, 2.05) is 6.07 Å². The van der Waals surface area contributed by atoms with E-state index >= 15 is 0 Å². The Labute approximate surface area is 123 Å². The lowest BCUT2D eigenvalue weighted by Gasteiger charge is -2.18. The van der Waals surface area contributed by atoms with Crippen molar-refractivity contribution < 1.29 is 14.0 Å². The number of ether oxygens (including phenoxy) is 2. The van der Waals surface area contributed by atoms with Crippen LogP contribution in [0.25, 0.3) is 0 Å². The molecule has 1 aliphatic carbocycles. The molecule has 0 amide bonds. The van der Waals surface area contributed by atoms with Crippen molar-refractivity contribution >= 4 is 11.2 Å². The van der Waals surface area contributed by atoms with Gasteiger partial charge in [0.05, 0.1) is 13.2 Å². The van der Waals surface area contributed by atoms with Crippen molar-refractivity contribution in [3.8, 4) is 11.5 Å². The molecule has 2 aliphatic rings. The van der Waals surface area contributed by atoms with Gasteiger partial charge in [0.1, 0.15) is 11.5 Å². The second-order valence-electron chi connectivity index (χ2n) is 5.73. The monoisotopic (exact) mass is 294 g/mol. The fraction of sp³-hybridized carbons (Fsp3) is 0.625. The van der Waals surface area contributed by atoms with Crippen molar-refractivity contribution in [3.05, 3.63) is 23.8 Å². The second kappa shape index (κ2) is 6.27. The Balaban J connectivity index is 1.78. The molecule has 1 saturated carbocycles. The largest absolute Gasteiger partial charge is 0.616 e. The molecule has 3 nitrogen and oxygen atoms in total. The first-order chi connectivity index (χ1) is 9.76. The van der Waals surface area contributed by atoms with Gasteiger partial charge in [0, 0.05) is 12.3 Å². The summed E-state index contributed by atoms with van der Waals surface area (Å²) < 4.78 is 23.1. The van der Waals surface area contributed by atoms with Gasteiger partial charge in [-0.15, -0.1) is 0 Å². The van der Waals surface area contributed by atoms with Gasteiger partial charge in [0.25, 0.3) is 0 Å². The molecule has 20 heavy (non-hydrogen) atoms. The molecule has 4 heteroatoms. The highest BCUT2D eigenvalue weighted by atomic mass is 32.2. The Hall–Kier alpha value is -0.870. The summed E-state index contributed by atoms with van der Waals surface area (Å²) in [5.74, 6) is 3.69. The number of methoxy groups -OCH3 is 1. The molecular formula is C16H22O3S. The summed E-state index contributed by atoms with van der Waals surface area (Å²) in [5, 5.41) is 0. The summed E-state index contributed by atoms with van der Waals surface area (Å²) in [6.07, 6.45) is 6.14. The molecule has 1 saturated heterocycles. The molecule has 2 atom stereocenters. The van der Waals surface area contributed by atoms with Crippen LogP contribution in [0.4, 0.5) is 0 Å². The van der Waals surface area contributed by atoms with Crippen LogP contribution in [0.2, 0.25) is 0 Å². The summed E-state index contributed by atoms with van der Waals surface area (Å²) in [4.78, 5) is 0. The van der Waals surface area contributed by atoms with Crippen LogP contribution in [-0.4, -0.2) is 29.3 Å². The lowest BCUT2D eigenvalue weighted by molar-refractivity contribution is 0.200. The molecule has 110 valence electrons. The molecule has 3 rings (SSSR count). The van der Waals surface area contributed by atoms with E-state index in [9.17, 15) is 4.55 Å². The zero-order valence-electron chi connectivity index (χ0n) is 12.0. The van der Waals surface area contributed by atoms with E-state index in [1.54, 1.807) is 7.11 Å². The van der Waals surface area contributed by atoms with Gasteiger partial charge in [0.15, 0.2) is 11.5 Å². The normalized spacial score (nSPS) is 26.9. The average molecular weight is 294 g/mol. The molecule has 2 fully saturated rings. The Kier molecular flexibility index (Phi) is 4.41. The SMILES string of the molecule is COc1ccc([C@@H]2CC[S@+]([O-])C2)cc1OC1CCCC1. The average Bonchev–Trinajstić information content (AvgIpc) is 3.10. The van der Waals surface area contributed by atoms with Crippen molar-refractivity contribution in [1.82, 2.24) is 0 Å². The summed E-state index contributed by atoms with van der Waals surface area (Å²) in [7, 11) is 1.68. The van der Waals surface area contributed by atoms with Crippen molar-refractivity contribution in [1.29, 1.82) is 0 Å². The van der Waals surface area contributed by atoms with Crippen LogP contribution in [0.1, 0.15) is 43.6 Å². The van der Waals surface area contributed by atoms with E-state index in [4.69, 9.17) is 9.47 Å². The minimum atomic E-state index is -0.643. The summed E-state index contributed by atoms with van der Waals surface area (Å²) in [6.45, 7) is 0. The van der Waals surface area contributed by atoms with Gasteiger partial charge >= 0.3 is 0 Å². The Morgan fingerprint density at radius 1 is 1.15 bits per heavy atom. The van der Waals surface area contributed by atoms with Gasteiger partial charge in [-0.2, -0.15) is 0 Å². The van der Waals surface area contributed by atoms with Gasteiger partial charge < -0.3 is 14.0 Å². The highest BCUT2D eigenvalue weighted by Gasteiger charge is 2.28. The number of benzene rings is 1. The molecule has 1 aliphatic heterocycles. The van der Waals surface area contributed by atoms with E-state index in [0.717, 1.165) is 42.3 Å². The van der Waals surface area contributed by atoms with Gasteiger partial charge in [-0.1, -0.05) is 17.2 Å². The summed E-state index contributed by atoms with van der Waals surface area (Å²) in [6, 6.07) is 6.18. The smallest absolute Gasteiger partial charge is 0.161 e. The van der Waals surface area contributed by atoms with Crippen LogP contribution >= 0.6 is 0 Å². The van der Waals surface area contributed by atoms with Crippen LogP contribution in [0.15, 0.2) is 18.2 Å². The van der Waals surface area contributed by atoms with Crippen LogP contribution in [0.5, 0.6) is 11.5 Å². The molecule has 0 radical (unpaired) electrons. The van der Waals surface area contributed by atoms with Crippen molar-refractivity contribution in [2.75, 3.05) is 18.6 Å². The number of hydrogen-bond donors (Lipinski definition) is 0. The zero-order valence-corrected chi connectivity index (χ0v) is 12.8. The van der Waals surface area contributed by atoms with Crippen molar-refractivity contribution in [2.24, 2.45) is 0 Å². The van der Waals surface area contributed by atoms with Gasteiger partial charge in [-0.25, -0.2) is 0 Å². The topological polar surface area (TPSA) is 41.5 Å². The molecule has 0 aromatic heterocycles. The van der Waals surface area contributed by atoms with Crippen LogP contribution in [0.3, 0.4) is 0 Å². The van der Waals surface area contributed by atoms with Crippen LogP contribution < -0.4 is 9.47 Å². The Bertz CT molecular complexity index is 457. The molecular weight excluding hydrogens is 272 g/mol. The second-order valence-corrected chi connectivity index (χ2v) is 7.35. The van der Waals surface area contributed by atoms with Gasteiger partial charge in [-0.05, 0) is 43.4 Å². The summed E-state index contributed by atoms with van der Waals surface area (Å²) in [5.41, 5.74) is 1.24. The van der Waals surface area contributed by atoms with E-state index in [1.165, 1.54) is 18.4 Å². The lowest BCUT2D eigenvalue weighted by atomic mass is 9.98. The Morgan fingerprint density at radius 2 is 1.95 bits per heavy atom. The first kappa shape index (κ1) is 14.1. The van der Waals surface area contributed by atoms with Crippen molar-refractivity contribution in [2.45, 2.75) is 44.1 Å². The Morgan fingerprint density at radius 3 is 2.60 bits per heavy atom. The van der Waals surface area contributed by atoms with Crippen LogP contribution in [-0.2, 0) is 11.2 Å². The highest BCUT2D eigenvalue weighted by Crippen LogP contribution is 2.37. The maximum absolute atomic E-state index is 11.6. The van der Waals surface area contributed by atoms with E-state index in [0.29, 0.717) is 12.0 Å². The van der Waals surface area contributed by atoms with Crippen LogP contribution in [0, 0.1) is 0 Å². The first-order valence-corrected chi connectivity index (χ1v) is 8.94. The molecule has 0 bridgehead atoms. The van der Waals surface area contributed by atoms with E-state index in [2.05, 4.69) is 12.1 Å². The predicted molar refractivity (Wildman–Crippen MR) is 81.1 cm³/mol. The van der Waals surface area contributed by atoms with E-state index in [-0.39, 0.29) is 0 Å². The third-order valence-electron chi connectivity index (χ3n) is 4.34. The third-order valence-corrected chi connectivity index (χ3v) is 5.80. The minimum Gasteiger partial charge on any atom is -0.616 e. The quantitative estimate of drug-likeness (QED) is 0.800. The zero-order chi connectivity index (χ0) is 13.9.